The number of ether oxygens (including phenoxy) is 1. The van der Waals surface area contributed by atoms with E-state index in [1.54, 1.807) is 0 Å². The monoisotopic (exact) mass is 386 g/mol. The Bertz CT molecular complexity index is 848. The molecule has 0 radical (unpaired) electrons. The molecule has 4 rings (SSSR count). The maximum atomic E-state index is 12.8. The normalized spacial score (nSPS) is 19.8. The summed E-state index contributed by atoms with van der Waals surface area (Å²) in [5, 5.41) is 0. The number of carbonyl (C=O) groups excluding carboxylic acids is 1. The number of nitrogens with two attached hydrogens (primary N) is 1. The summed E-state index contributed by atoms with van der Waals surface area (Å²) in [6.45, 7) is 0.596. The number of benzene rings is 3. The van der Waals surface area contributed by atoms with Crippen molar-refractivity contribution in [1.29, 1.82) is 0 Å². The quantitative estimate of drug-likeness (QED) is 0.538. The minimum Gasteiger partial charge on any atom is -0.468 e. The van der Waals surface area contributed by atoms with Crippen molar-refractivity contribution < 1.29 is 9.53 Å². The van der Waals surface area contributed by atoms with E-state index in [1.807, 2.05) is 54.6 Å². The molecule has 0 amide bonds. The molecule has 0 aliphatic carbocycles. The van der Waals surface area contributed by atoms with Gasteiger partial charge in [-0.05, 0) is 23.1 Å². The molecule has 1 aliphatic rings. The molecule has 0 bridgehead atoms. The molecule has 0 saturated carbocycles. The molecular formula is C25H26N2O2. The molecule has 29 heavy (non-hydrogen) atoms. The van der Waals surface area contributed by atoms with E-state index >= 15 is 0 Å². The predicted octanol–water partition coefficient (Wildman–Crippen LogP) is 3.55. The van der Waals surface area contributed by atoms with Gasteiger partial charge in [-0.2, -0.15) is 0 Å². The largest absolute Gasteiger partial charge is 0.468 e. The molecule has 2 atom stereocenters. The Balaban J connectivity index is 2.04. The zero-order chi connectivity index (χ0) is 20.3. The molecule has 1 saturated heterocycles. The molecule has 3 aromatic carbocycles. The van der Waals surface area contributed by atoms with Gasteiger partial charge in [0.25, 0.3) is 0 Å². The number of esters is 1. The molecule has 1 fully saturated rings. The van der Waals surface area contributed by atoms with Gasteiger partial charge in [-0.1, -0.05) is 91.0 Å². The lowest BCUT2D eigenvalue weighted by molar-refractivity contribution is -0.147. The van der Waals surface area contributed by atoms with Crippen molar-refractivity contribution in [2.75, 3.05) is 13.7 Å². The van der Waals surface area contributed by atoms with Crippen molar-refractivity contribution in [3.05, 3.63) is 108 Å². The van der Waals surface area contributed by atoms with E-state index in [-0.39, 0.29) is 12.0 Å². The van der Waals surface area contributed by atoms with Crippen LogP contribution in [-0.2, 0) is 15.1 Å². The fraction of sp³-hybridized carbons (Fsp3) is 0.240. The van der Waals surface area contributed by atoms with Crippen LogP contribution in [0.3, 0.4) is 0 Å². The number of nitrogens with zero attached hydrogens (tertiary/aromatic N) is 1. The average Bonchev–Trinajstić information content (AvgIpc) is 3.18. The Labute approximate surface area is 171 Å². The van der Waals surface area contributed by atoms with E-state index in [0.29, 0.717) is 13.0 Å². The van der Waals surface area contributed by atoms with Crippen molar-refractivity contribution in [3.8, 4) is 0 Å². The van der Waals surface area contributed by atoms with E-state index in [9.17, 15) is 4.79 Å². The highest BCUT2D eigenvalue weighted by molar-refractivity contribution is 5.77. The third-order valence-electron chi connectivity index (χ3n) is 5.81. The van der Waals surface area contributed by atoms with Gasteiger partial charge in [-0.25, -0.2) is 0 Å². The van der Waals surface area contributed by atoms with Gasteiger partial charge >= 0.3 is 5.97 Å². The highest BCUT2D eigenvalue weighted by Gasteiger charge is 2.51. The number of carbonyl (C=O) groups is 1. The van der Waals surface area contributed by atoms with Crippen LogP contribution in [0, 0.1) is 0 Å². The van der Waals surface area contributed by atoms with Crippen LogP contribution < -0.4 is 5.73 Å². The van der Waals surface area contributed by atoms with Crippen LogP contribution in [0.4, 0.5) is 0 Å². The zero-order valence-electron chi connectivity index (χ0n) is 16.6. The molecule has 0 spiro atoms. The van der Waals surface area contributed by atoms with Crippen LogP contribution in [0.25, 0.3) is 0 Å². The van der Waals surface area contributed by atoms with Crippen molar-refractivity contribution in [3.63, 3.8) is 0 Å². The fourth-order valence-electron chi connectivity index (χ4n) is 4.63. The summed E-state index contributed by atoms with van der Waals surface area (Å²) in [7, 11) is 1.44. The van der Waals surface area contributed by atoms with E-state index in [2.05, 4.69) is 41.3 Å². The van der Waals surface area contributed by atoms with Gasteiger partial charge < -0.3 is 10.5 Å². The molecule has 2 N–H and O–H groups in total. The van der Waals surface area contributed by atoms with Crippen molar-refractivity contribution in [2.24, 2.45) is 5.73 Å². The third kappa shape index (κ3) is 3.35. The van der Waals surface area contributed by atoms with Crippen LogP contribution in [0.1, 0.15) is 23.1 Å². The van der Waals surface area contributed by atoms with Crippen LogP contribution in [0.15, 0.2) is 91.0 Å². The summed E-state index contributed by atoms with van der Waals surface area (Å²) in [5.74, 6) is -0.245. The van der Waals surface area contributed by atoms with Gasteiger partial charge in [0.15, 0.2) is 0 Å². The highest BCUT2D eigenvalue weighted by atomic mass is 16.5. The Kier molecular flexibility index (Phi) is 5.47. The van der Waals surface area contributed by atoms with E-state index in [0.717, 1.165) is 16.7 Å². The molecule has 0 unspecified atom stereocenters. The summed E-state index contributed by atoms with van der Waals surface area (Å²) >= 11 is 0. The Morgan fingerprint density at radius 1 is 0.862 bits per heavy atom. The number of likely N-dealkylation sites (tertiary alicyclic amines) is 1. The summed E-state index contributed by atoms with van der Waals surface area (Å²) in [4.78, 5) is 15.0. The van der Waals surface area contributed by atoms with Crippen molar-refractivity contribution in [1.82, 2.24) is 4.90 Å². The Morgan fingerprint density at radius 2 is 1.28 bits per heavy atom. The number of rotatable bonds is 5. The SMILES string of the molecule is COC(=O)[C@@H]1C[C@@H](N)CN1C(c1ccccc1)(c1ccccc1)c1ccccc1. The first-order valence-electron chi connectivity index (χ1n) is 9.94. The number of hydrogen-bond donors (Lipinski definition) is 1. The first-order chi connectivity index (χ1) is 14.2. The molecule has 148 valence electrons. The number of methoxy groups -OCH3 is 1. The predicted molar refractivity (Wildman–Crippen MR) is 114 cm³/mol. The van der Waals surface area contributed by atoms with Crippen molar-refractivity contribution >= 4 is 5.97 Å². The lowest BCUT2D eigenvalue weighted by Crippen LogP contribution is -2.53. The minimum absolute atomic E-state index is 0.102. The highest BCUT2D eigenvalue weighted by Crippen LogP contribution is 2.45. The van der Waals surface area contributed by atoms with Crippen LogP contribution in [-0.4, -0.2) is 36.6 Å². The van der Waals surface area contributed by atoms with Crippen LogP contribution in [0.5, 0.6) is 0 Å². The lowest BCUT2D eigenvalue weighted by atomic mass is 9.75. The topological polar surface area (TPSA) is 55.6 Å². The second-order valence-electron chi connectivity index (χ2n) is 7.50. The van der Waals surface area contributed by atoms with E-state index in [4.69, 9.17) is 10.5 Å². The second-order valence-corrected chi connectivity index (χ2v) is 7.50. The number of hydrogen-bond acceptors (Lipinski definition) is 4. The maximum absolute atomic E-state index is 12.8. The molecule has 4 heteroatoms. The van der Waals surface area contributed by atoms with Gasteiger partial charge in [0, 0.05) is 12.6 Å². The van der Waals surface area contributed by atoms with Crippen molar-refractivity contribution in [2.45, 2.75) is 24.0 Å². The first-order valence-corrected chi connectivity index (χ1v) is 9.94. The smallest absolute Gasteiger partial charge is 0.323 e. The van der Waals surface area contributed by atoms with E-state index in [1.165, 1.54) is 7.11 Å². The minimum atomic E-state index is -0.656. The molecular weight excluding hydrogens is 360 g/mol. The van der Waals surface area contributed by atoms with Gasteiger partial charge in [0.1, 0.15) is 6.04 Å². The first kappa shape index (κ1) is 19.4. The van der Waals surface area contributed by atoms with Gasteiger partial charge in [-0.3, -0.25) is 9.69 Å². The summed E-state index contributed by atoms with van der Waals surface area (Å²) in [5.41, 5.74) is 9.03. The third-order valence-corrected chi connectivity index (χ3v) is 5.81. The molecule has 1 aliphatic heterocycles. The van der Waals surface area contributed by atoms with Gasteiger partial charge in [0.05, 0.1) is 12.6 Å². The summed E-state index contributed by atoms with van der Waals surface area (Å²) in [6, 6.07) is 30.5. The molecule has 1 heterocycles. The summed E-state index contributed by atoms with van der Waals surface area (Å²) in [6.07, 6.45) is 0.570. The average molecular weight is 386 g/mol. The molecule has 4 nitrogen and oxygen atoms in total. The second kappa shape index (κ2) is 8.19. The Morgan fingerprint density at radius 3 is 1.66 bits per heavy atom. The molecule has 3 aromatic rings. The zero-order valence-corrected chi connectivity index (χ0v) is 16.6. The fourth-order valence-corrected chi connectivity index (χ4v) is 4.63. The lowest BCUT2D eigenvalue weighted by Gasteiger charge is -2.45. The van der Waals surface area contributed by atoms with Gasteiger partial charge in [0.2, 0.25) is 0 Å². The Hall–Kier alpha value is -2.95. The molecule has 0 aromatic heterocycles. The van der Waals surface area contributed by atoms with Crippen LogP contribution in [0.2, 0.25) is 0 Å². The standard InChI is InChI=1S/C25H26N2O2/c1-29-24(28)23-17-22(26)18-27(23)25(19-11-5-2-6-12-19,20-13-7-3-8-14-20)21-15-9-4-10-16-21/h2-16,22-23H,17-18,26H2,1H3/t22-,23+/m1/s1. The van der Waals surface area contributed by atoms with Gasteiger partial charge in [-0.15, -0.1) is 0 Å². The van der Waals surface area contributed by atoms with Crippen LogP contribution >= 0.6 is 0 Å². The van der Waals surface area contributed by atoms with E-state index < -0.39 is 11.6 Å². The maximum Gasteiger partial charge on any atom is 0.323 e. The summed E-state index contributed by atoms with van der Waals surface area (Å²) < 4.78 is 5.18.